The minimum absolute atomic E-state index is 0.0457. The van der Waals surface area contributed by atoms with Crippen LogP contribution in [0.2, 0.25) is 0 Å². The van der Waals surface area contributed by atoms with Crippen molar-refractivity contribution in [1.82, 2.24) is 24.7 Å². The Morgan fingerprint density at radius 2 is 1.74 bits per heavy atom. The number of anilines is 3. The normalized spacial score (nSPS) is 11.7. The van der Waals surface area contributed by atoms with E-state index >= 15 is 0 Å². The van der Waals surface area contributed by atoms with E-state index in [1.54, 1.807) is 23.4 Å². The molecule has 0 saturated heterocycles. The van der Waals surface area contributed by atoms with E-state index in [9.17, 15) is 0 Å². The predicted octanol–water partition coefficient (Wildman–Crippen LogP) is 3.97. The van der Waals surface area contributed by atoms with Crippen LogP contribution in [0.15, 0.2) is 79.4 Å². The molecule has 0 aliphatic heterocycles. The number of nitrogens with one attached hydrogen (secondary N) is 2. The number of pyridine rings is 2. The first-order valence-corrected chi connectivity index (χ1v) is 8.65. The number of nitrogens with zero attached hydrogens (tertiary/aromatic N) is 5. The zero-order chi connectivity index (χ0) is 18.5. The smallest absolute Gasteiger partial charge is 0.246 e. The number of hydrogen-bond acceptors (Lipinski definition) is 6. The minimum atomic E-state index is 0.0457. The Labute approximate surface area is 157 Å². The third kappa shape index (κ3) is 4.09. The van der Waals surface area contributed by atoms with E-state index in [1.807, 2.05) is 67.6 Å². The van der Waals surface area contributed by atoms with Gasteiger partial charge in [0.05, 0.1) is 17.4 Å². The summed E-state index contributed by atoms with van der Waals surface area (Å²) < 4.78 is 1.73. The molecule has 0 spiro atoms. The van der Waals surface area contributed by atoms with Crippen LogP contribution in [0.25, 0.3) is 5.69 Å². The van der Waals surface area contributed by atoms with Crippen molar-refractivity contribution in [3.63, 3.8) is 0 Å². The molecule has 0 amide bonds. The molecule has 2 N–H and O–H groups in total. The first kappa shape index (κ1) is 16.7. The van der Waals surface area contributed by atoms with Crippen molar-refractivity contribution < 1.29 is 0 Å². The second kappa shape index (κ2) is 7.65. The molecule has 0 radical (unpaired) electrons. The summed E-state index contributed by atoms with van der Waals surface area (Å²) in [5, 5.41) is 11.0. The van der Waals surface area contributed by atoms with Crippen molar-refractivity contribution in [1.29, 1.82) is 0 Å². The maximum atomic E-state index is 4.46. The standard InChI is InChI=1S/C20H19N7/c1-15(18-9-5-6-11-21-18)24-19-13-16(10-12-22-19)25-20-23-14-27(26-20)17-7-3-2-4-8-17/h2-15H,1H3,(H2,22,24,25,26). The van der Waals surface area contributed by atoms with Crippen LogP contribution in [0.1, 0.15) is 18.7 Å². The summed E-state index contributed by atoms with van der Waals surface area (Å²) in [6.45, 7) is 2.05. The third-order valence-electron chi connectivity index (χ3n) is 4.02. The molecule has 134 valence electrons. The number of aromatic nitrogens is 5. The highest BCUT2D eigenvalue weighted by atomic mass is 15.4. The molecule has 0 aliphatic carbocycles. The van der Waals surface area contributed by atoms with Gasteiger partial charge in [0.15, 0.2) is 0 Å². The largest absolute Gasteiger partial charge is 0.362 e. The molecular weight excluding hydrogens is 338 g/mol. The summed E-state index contributed by atoms with van der Waals surface area (Å²) in [4.78, 5) is 13.1. The fourth-order valence-corrected chi connectivity index (χ4v) is 2.67. The van der Waals surface area contributed by atoms with Gasteiger partial charge in [-0.05, 0) is 37.3 Å². The first-order chi connectivity index (χ1) is 13.3. The van der Waals surface area contributed by atoms with Gasteiger partial charge in [0.25, 0.3) is 0 Å². The molecule has 0 saturated carbocycles. The molecule has 0 fully saturated rings. The third-order valence-corrected chi connectivity index (χ3v) is 4.02. The molecule has 27 heavy (non-hydrogen) atoms. The fraction of sp³-hybridized carbons (Fsp3) is 0.100. The molecule has 3 heterocycles. The lowest BCUT2D eigenvalue weighted by Crippen LogP contribution is -2.09. The Balaban J connectivity index is 1.46. The SMILES string of the molecule is CC(Nc1cc(Nc2ncn(-c3ccccc3)n2)ccn1)c1ccccn1. The van der Waals surface area contributed by atoms with Gasteiger partial charge in [-0.3, -0.25) is 4.98 Å². The molecule has 4 aromatic rings. The van der Waals surface area contributed by atoms with E-state index in [1.165, 1.54) is 0 Å². The topological polar surface area (TPSA) is 80.5 Å². The number of para-hydroxylation sites is 1. The van der Waals surface area contributed by atoms with Gasteiger partial charge < -0.3 is 10.6 Å². The van der Waals surface area contributed by atoms with Crippen LogP contribution in [0.4, 0.5) is 17.5 Å². The van der Waals surface area contributed by atoms with Gasteiger partial charge in [-0.15, -0.1) is 5.10 Å². The highest BCUT2D eigenvalue weighted by Crippen LogP contribution is 2.20. The molecule has 3 aromatic heterocycles. The first-order valence-electron chi connectivity index (χ1n) is 8.65. The maximum Gasteiger partial charge on any atom is 0.246 e. The molecular formula is C20H19N7. The molecule has 0 bridgehead atoms. The summed E-state index contributed by atoms with van der Waals surface area (Å²) in [7, 11) is 0. The van der Waals surface area contributed by atoms with Gasteiger partial charge in [0, 0.05) is 24.1 Å². The summed E-state index contributed by atoms with van der Waals surface area (Å²) in [6, 6.07) is 19.6. The number of benzene rings is 1. The summed E-state index contributed by atoms with van der Waals surface area (Å²) in [6.07, 6.45) is 5.21. The van der Waals surface area contributed by atoms with Gasteiger partial charge >= 0.3 is 0 Å². The molecule has 1 unspecified atom stereocenters. The van der Waals surface area contributed by atoms with Crippen LogP contribution in [0, 0.1) is 0 Å². The lowest BCUT2D eigenvalue weighted by molar-refractivity contribution is 0.832. The van der Waals surface area contributed by atoms with Crippen LogP contribution in [0.3, 0.4) is 0 Å². The second-order valence-corrected chi connectivity index (χ2v) is 6.02. The fourth-order valence-electron chi connectivity index (χ4n) is 2.67. The maximum absolute atomic E-state index is 4.46. The quantitative estimate of drug-likeness (QED) is 0.543. The highest BCUT2D eigenvalue weighted by molar-refractivity contribution is 5.58. The predicted molar refractivity (Wildman–Crippen MR) is 105 cm³/mol. The molecule has 4 rings (SSSR count). The molecule has 0 aliphatic rings. The molecule has 1 atom stereocenters. The van der Waals surface area contributed by atoms with Gasteiger partial charge in [-0.25, -0.2) is 9.67 Å². The Bertz CT molecular complexity index is 999. The van der Waals surface area contributed by atoms with Crippen LogP contribution in [-0.4, -0.2) is 24.7 Å². The number of rotatable bonds is 6. The zero-order valence-electron chi connectivity index (χ0n) is 14.8. The van der Waals surface area contributed by atoms with E-state index in [0.29, 0.717) is 5.95 Å². The highest BCUT2D eigenvalue weighted by Gasteiger charge is 2.08. The van der Waals surface area contributed by atoms with E-state index in [4.69, 9.17) is 0 Å². The van der Waals surface area contributed by atoms with Crippen molar-refractivity contribution in [2.75, 3.05) is 10.6 Å². The lowest BCUT2D eigenvalue weighted by atomic mass is 10.2. The van der Waals surface area contributed by atoms with E-state index < -0.39 is 0 Å². The Kier molecular flexibility index (Phi) is 4.74. The van der Waals surface area contributed by atoms with Crippen molar-refractivity contribution >= 4 is 17.5 Å². The molecule has 7 heteroatoms. The number of hydrogen-bond donors (Lipinski definition) is 2. The van der Waals surface area contributed by atoms with E-state index in [2.05, 4.69) is 30.7 Å². The van der Waals surface area contributed by atoms with Crippen LogP contribution < -0.4 is 10.6 Å². The van der Waals surface area contributed by atoms with Crippen LogP contribution in [0.5, 0.6) is 0 Å². The average molecular weight is 357 g/mol. The van der Waals surface area contributed by atoms with Gasteiger partial charge in [-0.1, -0.05) is 24.3 Å². The Morgan fingerprint density at radius 3 is 2.56 bits per heavy atom. The monoisotopic (exact) mass is 357 g/mol. The van der Waals surface area contributed by atoms with Crippen molar-refractivity contribution in [3.8, 4) is 5.69 Å². The molecule has 1 aromatic carbocycles. The Hall–Kier alpha value is -3.74. The van der Waals surface area contributed by atoms with Crippen molar-refractivity contribution in [2.24, 2.45) is 0 Å². The van der Waals surface area contributed by atoms with E-state index in [-0.39, 0.29) is 6.04 Å². The van der Waals surface area contributed by atoms with Gasteiger partial charge in [0.1, 0.15) is 12.1 Å². The molecule has 7 nitrogen and oxygen atoms in total. The zero-order valence-corrected chi connectivity index (χ0v) is 14.8. The summed E-state index contributed by atoms with van der Waals surface area (Å²) in [5.74, 6) is 1.27. The van der Waals surface area contributed by atoms with Gasteiger partial charge in [-0.2, -0.15) is 4.98 Å². The van der Waals surface area contributed by atoms with Crippen molar-refractivity contribution in [3.05, 3.63) is 85.1 Å². The average Bonchev–Trinajstić information content (AvgIpc) is 3.18. The minimum Gasteiger partial charge on any atom is -0.362 e. The van der Waals surface area contributed by atoms with Crippen LogP contribution >= 0.6 is 0 Å². The van der Waals surface area contributed by atoms with Crippen molar-refractivity contribution in [2.45, 2.75) is 13.0 Å². The van der Waals surface area contributed by atoms with Gasteiger partial charge in [0.2, 0.25) is 5.95 Å². The van der Waals surface area contributed by atoms with E-state index in [0.717, 1.165) is 22.9 Å². The second-order valence-electron chi connectivity index (χ2n) is 6.02. The Morgan fingerprint density at radius 1 is 0.889 bits per heavy atom. The lowest BCUT2D eigenvalue weighted by Gasteiger charge is -2.14. The van der Waals surface area contributed by atoms with Crippen LogP contribution in [-0.2, 0) is 0 Å². The summed E-state index contributed by atoms with van der Waals surface area (Å²) in [5.41, 5.74) is 2.77. The summed E-state index contributed by atoms with van der Waals surface area (Å²) >= 11 is 0.